The summed E-state index contributed by atoms with van der Waals surface area (Å²) >= 11 is 0. The van der Waals surface area contributed by atoms with Gasteiger partial charge in [0.2, 0.25) is 0 Å². The fourth-order valence-corrected chi connectivity index (χ4v) is 2.67. The zero-order valence-electron chi connectivity index (χ0n) is 14.6. The lowest BCUT2D eigenvalue weighted by molar-refractivity contribution is 0.102. The van der Waals surface area contributed by atoms with E-state index in [0.717, 1.165) is 33.8 Å². The number of rotatable bonds is 5. The van der Waals surface area contributed by atoms with Gasteiger partial charge in [-0.15, -0.1) is 0 Å². The number of hydrogen-bond acceptors (Lipinski definition) is 3. The second-order valence-corrected chi connectivity index (χ2v) is 5.85. The van der Waals surface area contributed by atoms with Gasteiger partial charge in [0.15, 0.2) is 0 Å². The van der Waals surface area contributed by atoms with E-state index in [1.165, 1.54) is 0 Å². The number of carbonyl (C=O) groups excluding carboxylic acids is 1. The van der Waals surface area contributed by atoms with Crippen molar-refractivity contribution in [1.82, 2.24) is 10.2 Å². The molecule has 128 valence electrons. The number of amides is 1. The van der Waals surface area contributed by atoms with E-state index in [2.05, 4.69) is 15.5 Å². The van der Waals surface area contributed by atoms with Crippen molar-refractivity contribution in [2.75, 3.05) is 11.9 Å². The number of anilines is 1. The molecule has 0 radical (unpaired) electrons. The highest BCUT2D eigenvalue weighted by molar-refractivity contribution is 6.04. The third-order valence-corrected chi connectivity index (χ3v) is 4.00. The van der Waals surface area contributed by atoms with Crippen molar-refractivity contribution in [2.24, 2.45) is 0 Å². The van der Waals surface area contributed by atoms with E-state index in [-0.39, 0.29) is 5.91 Å². The van der Waals surface area contributed by atoms with E-state index in [1.807, 2.05) is 63.2 Å². The summed E-state index contributed by atoms with van der Waals surface area (Å²) in [5, 5.41) is 10.0. The third kappa shape index (κ3) is 3.71. The first-order valence-corrected chi connectivity index (χ1v) is 8.24. The van der Waals surface area contributed by atoms with E-state index in [9.17, 15) is 4.79 Å². The van der Waals surface area contributed by atoms with E-state index in [4.69, 9.17) is 4.74 Å². The van der Waals surface area contributed by atoms with E-state index in [1.54, 1.807) is 6.07 Å². The topological polar surface area (TPSA) is 67.0 Å². The third-order valence-electron chi connectivity index (χ3n) is 4.00. The monoisotopic (exact) mass is 335 g/mol. The summed E-state index contributed by atoms with van der Waals surface area (Å²) in [4.78, 5) is 12.5. The molecular weight excluding hydrogens is 314 g/mol. The molecule has 1 aromatic heterocycles. The number of carbonyl (C=O) groups is 1. The standard InChI is InChI=1S/C20H21N3O2/c1-4-25-16-10-8-15(9-11-16)17-12-18(23-22-17)20(24)21-19-13(2)6-5-7-14(19)3/h5-12H,4H2,1-3H3,(H,21,24)(H,22,23). The van der Waals surface area contributed by atoms with Crippen molar-refractivity contribution in [2.45, 2.75) is 20.8 Å². The lowest BCUT2D eigenvalue weighted by Gasteiger charge is -2.10. The molecule has 5 heteroatoms. The van der Waals surface area contributed by atoms with Crippen LogP contribution in [0.4, 0.5) is 5.69 Å². The molecule has 0 bridgehead atoms. The number of nitrogens with one attached hydrogen (secondary N) is 2. The Kier molecular flexibility index (Phi) is 4.84. The Bertz CT molecular complexity index is 862. The predicted molar refractivity (Wildman–Crippen MR) is 99.1 cm³/mol. The Morgan fingerprint density at radius 1 is 1.12 bits per heavy atom. The molecule has 0 saturated heterocycles. The van der Waals surface area contributed by atoms with E-state index >= 15 is 0 Å². The number of aromatic nitrogens is 2. The fraction of sp³-hybridized carbons (Fsp3) is 0.200. The van der Waals surface area contributed by atoms with Gasteiger partial charge >= 0.3 is 0 Å². The van der Waals surface area contributed by atoms with Gasteiger partial charge in [0.25, 0.3) is 5.91 Å². The van der Waals surface area contributed by atoms with E-state index in [0.29, 0.717) is 12.3 Å². The van der Waals surface area contributed by atoms with Crippen LogP contribution in [0.25, 0.3) is 11.3 Å². The summed E-state index contributed by atoms with van der Waals surface area (Å²) in [6.07, 6.45) is 0. The zero-order valence-corrected chi connectivity index (χ0v) is 14.6. The Labute approximate surface area is 147 Å². The number of H-pyrrole nitrogens is 1. The normalized spacial score (nSPS) is 10.5. The van der Waals surface area contributed by atoms with Gasteiger partial charge in [0, 0.05) is 11.3 Å². The minimum absolute atomic E-state index is 0.206. The summed E-state index contributed by atoms with van der Waals surface area (Å²) < 4.78 is 5.44. The van der Waals surface area contributed by atoms with Gasteiger partial charge in [-0.2, -0.15) is 5.10 Å². The van der Waals surface area contributed by atoms with Gasteiger partial charge in [-0.1, -0.05) is 18.2 Å². The van der Waals surface area contributed by atoms with Gasteiger partial charge in [-0.05, 0) is 62.2 Å². The summed E-state index contributed by atoms with van der Waals surface area (Å²) in [6.45, 7) is 6.52. The Hall–Kier alpha value is -3.08. The number of benzene rings is 2. The molecule has 25 heavy (non-hydrogen) atoms. The highest BCUT2D eigenvalue weighted by Gasteiger charge is 2.13. The van der Waals surface area contributed by atoms with Crippen LogP contribution in [0.2, 0.25) is 0 Å². The Balaban J connectivity index is 1.77. The molecule has 1 heterocycles. The average molecular weight is 335 g/mol. The minimum atomic E-state index is -0.206. The Morgan fingerprint density at radius 3 is 2.44 bits per heavy atom. The molecule has 2 aromatic carbocycles. The molecule has 5 nitrogen and oxygen atoms in total. The molecule has 0 spiro atoms. The quantitative estimate of drug-likeness (QED) is 0.728. The first kappa shape index (κ1) is 16.8. The number of aryl methyl sites for hydroxylation is 2. The number of hydrogen-bond donors (Lipinski definition) is 2. The molecule has 3 rings (SSSR count). The maximum Gasteiger partial charge on any atom is 0.273 e. The highest BCUT2D eigenvalue weighted by Crippen LogP contribution is 2.23. The van der Waals surface area contributed by atoms with Crippen LogP contribution in [0, 0.1) is 13.8 Å². The SMILES string of the molecule is CCOc1ccc(-c2cc(C(=O)Nc3c(C)cccc3C)[nH]n2)cc1. The second-order valence-electron chi connectivity index (χ2n) is 5.85. The molecule has 2 N–H and O–H groups in total. The maximum absolute atomic E-state index is 12.5. The van der Waals surface area contributed by atoms with Crippen LogP contribution in [-0.4, -0.2) is 22.7 Å². The van der Waals surface area contributed by atoms with Gasteiger partial charge in [-0.25, -0.2) is 0 Å². The summed E-state index contributed by atoms with van der Waals surface area (Å²) in [6, 6.07) is 15.3. The van der Waals surface area contributed by atoms with Crippen LogP contribution < -0.4 is 10.1 Å². The highest BCUT2D eigenvalue weighted by atomic mass is 16.5. The smallest absolute Gasteiger partial charge is 0.273 e. The number of para-hydroxylation sites is 1. The molecule has 1 amide bonds. The van der Waals surface area contributed by atoms with Crippen molar-refractivity contribution in [3.8, 4) is 17.0 Å². The zero-order chi connectivity index (χ0) is 17.8. The molecular formula is C20H21N3O2. The van der Waals surface area contributed by atoms with Crippen LogP contribution in [0.3, 0.4) is 0 Å². The number of aromatic amines is 1. The number of nitrogens with zero attached hydrogens (tertiary/aromatic N) is 1. The first-order valence-electron chi connectivity index (χ1n) is 8.24. The van der Waals surface area contributed by atoms with Crippen LogP contribution in [0.15, 0.2) is 48.5 Å². The number of ether oxygens (including phenoxy) is 1. The minimum Gasteiger partial charge on any atom is -0.494 e. The Morgan fingerprint density at radius 2 is 1.80 bits per heavy atom. The molecule has 0 aliphatic carbocycles. The molecule has 0 aliphatic rings. The van der Waals surface area contributed by atoms with E-state index < -0.39 is 0 Å². The van der Waals surface area contributed by atoms with Crippen LogP contribution in [0.5, 0.6) is 5.75 Å². The molecule has 0 unspecified atom stereocenters. The van der Waals surface area contributed by atoms with Gasteiger partial charge in [0.1, 0.15) is 11.4 Å². The summed E-state index contributed by atoms with van der Waals surface area (Å²) in [7, 11) is 0. The lowest BCUT2D eigenvalue weighted by Crippen LogP contribution is -2.14. The summed E-state index contributed by atoms with van der Waals surface area (Å²) in [5.74, 6) is 0.608. The van der Waals surface area contributed by atoms with Gasteiger partial charge < -0.3 is 10.1 Å². The van der Waals surface area contributed by atoms with Gasteiger partial charge in [-0.3, -0.25) is 9.89 Å². The van der Waals surface area contributed by atoms with Crippen LogP contribution in [0.1, 0.15) is 28.5 Å². The summed E-state index contributed by atoms with van der Waals surface area (Å²) in [5.41, 5.74) is 4.95. The lowest BCUT2D eigenvalue weighted by atomic mass is 10.1. The average Bonchev–Trinajstić information content (AvgIpc) is 3.09. The van der Waals surface area contributed by atoms with Crippen LogP contribution in [-0.2, 0) is 0 Å². The van der Waals surface area contributed by atoms with Crippen molar-refractivity contribution < 1.29 is 9.53 Å². The van der Waals surface area contributed by atoms with Crippen LogP contribution >= 0.6 is 0 Å². The molecule has 0 fully saturated rings. The fourth-order valence-electron chi connectivity index (χ4n) is 2.67. The maximum atomic E-state index is 12.5. The van der Waals surface area contributed by atoms with Gasteiger partial charge in [0.05, 0.1) is 12.3 Å². The molecule has 0 aliphatic heterocycles. The molecule has 0 saturated carbocycles. The van der Waals surface area contributed by atoms with Crippen molar-refractivity contribution in [1.29, 1.82) is 0 Å². The molecule has 0 atom stereocenters. The molecule has 3 aromatic rings. The van der Waals surface area contributed by atoms with Crippen molar-refractivity contribution >= 4 is 11.6 Å². The first-order chi connectivity index (χ1) is 12.1. The van der Waals surface area contributed by atoms with Crippen molar-refractivity contribution in [3.05, 3.63) is 65.4 Å². The largest absolute Gasteiger partial charge is 0.494 e. The van der Waals surface area contributed by atoms with Crippen molar-refractivity contribution in [3.63, 3.8) is 0 Å². The predicted octanol–water partition coefficient (Wildman–Crippen LogP) is 4.34. The second kappa shape index (κ2) is 7.21.